The van der Waals surface area contributed by atoms with E-state index in [4.69, 9.17) is 4.74 Å². The molecule has 0 aromatic heterocycles. The average molecular weight is 268 g/mol. The maximum absolute atomic E-state index is 10.6. The molecule has 5 unspecified atom stereocenters. The van der Waals surface area contributed by atoms with Crippen LogP contribution in [-0.4, -0.2) is 27.7 Å². The third-order valence-corrected chi connectivity index (χ3v) is 5.45. The fourth-order valence-electron chi connectivity index (χ4n) is 4.82. The number of rotatable bonds is 4. The van der Waals surface area contributed by atoms with E-state index in [1.807, 2.05) is 0 Å². The molecule has 0 aromatic carbocycles. The summed E-state index contributed by atoms with van der Waals surface area (Å²) in [5.41, 5.74) is -0.475. The second-order valence-corrected chi connectivity index (χ2v) is 8.55. The van der Waals surface area contributed by atoms with Gasteiger partial charge in [0.05, 0.1) is 11.2 Å². The summed E-state index contributed by atoms with van der Waals surface area (Å²) in [4.78, 5) is 0. The van der Waals surface area contributed by atoms with Crippen LogP contribution in [0.15, 0.2) is 0 Å². The van der Waals surface area contributed by atoms with Crippen LogP contribution in [0.2, 0.25) is 0 Å². The monoisotopic (exact) mass is 268 g/mol. The molecule has 0 aliphatic heterocycles. The van der Waals surface area contributed by atoms with Gasteiger partial charge in [-0.15, -0.1) is 0 Å². The zero-order chi connectivity index (χ0) is 13.9. The van der Waals surface area contributed by atoms with Crippen LogP contribution in [0.1, 0.15) is 65.7 Å². The molecule has 0 saturated heterocycles. The normalized spacial score (nSPS) is 45.9. The van der Waals surface area contributed by atoms with Gasteiger partial charge in [0.1, 0.15) is 0 Å². The van der Waals surface area contributed by atoms with Crippen molar-refractivity contribution in [2.75, 3.05) is 0 Å². The van der Waals surface area contributed by atoms with Crippen molar-refractivity contribution in [2.24, 2.45) is 17.3 Å². The first kappa shape index (κ1) is 13.8. The maximum Gasteiger partial charge on any atom is 0.155 e. The maximum atomic E-state index is 10.6. The van der Waals surface area contributed by atoms with E-state index < -0.39 is 11.9 Å². The van der Waals surface area contributed by atoms with Gasteiger partial charge in [0.25, 0.3) is 0 Å². The van der Waals surface area contributed by atoms with Crippen LogP contribution in [0.25, 0.3) is 0 Å². The predicted molar refractivity (Wildman–Crippen MR) is 73.5 cm³/mol. The minimum atomic E-state index is -0.668. The molecule has 0 spiro atoms. The van der Waals surface area contributed by atoms with E-state index >= 15 is 0 Å². The van der Waals surface area contributed by atoms with Gasteiger partial charge in [-0.05, 0) is 55.8 Å². The molecule has 2 N–H and O–H groups in total. The summed E-state index contributed by atoms with van der Waals surface area (Å²) in [6, 6.07) is 0. The Morgan fingerprint density at radius 3 is 2.58 bits per heavy atom. The summed E-state index contributed by atoms with van der Waals surface area (Å²) < 4.78 is 6.03. The molecule has 4 aliphatic carbocycles. The Morgan fingerprint density at radius 2 is 2.00 bits per heavy atom. The quantitative estimate of drug-likeness (QED) is 0.771. The summed E-state index contributed by atoms with van der Waals surface area (Å²) in [6.07, 6.45) is 5.85. The summed E-state index contributed by atoms with van der Waals surface area (Å²) >= 11 is 0. The number of ether oxygens (including phenoxy) is 1. The number of hydrogen-bond acceptors (Lipinski definition) is 3. The second-order valence-electron chi connectivity index (χ2n) is 8.55. The molecule has 4 fully saturated rings. The highest BCUT2D eigenvalue weighted by molar-refractivity contribution is 5.15. The fourth-order valence-corrected chi connectivity index (χ4v) is 4.82. The Bertz CT molecular complexity index is 361. The molecule has 0 amide bonds. The van der Waals surface area contributed by atoms with Gasteiger partial charge < -0.3 is 14.9 Å². The highest BCUT2D eigenvalue weighted by Crippen LogP contribution is 2.63. The van der Waals surface area contributed by atoms with E-state index in [0.717, 1.165) is 32.1 Å². The van der Waals surface area contributed by atoms with Crippen molar-refractivity contribution in [3.63, 3.8) is 0 Å². The molecule has 5 atom stereocenters. The lowest BCUT2D eigenvalue weighted by atomic mass is 9.77. The van der Waals surface area contributed by atoms with Gasteiger partial charge in [0.15, 0.2) is 6.29 Å². The zero-order valence-corrected chi connectivity index (χ0v) is 12.5. The van der Waals surface area contributed by atoms with Crippen molar-refractivity contribution < 1.29 is 14.9 Å². The highest BCUT2D eigenvalue weighted by Gasteiger charge is 2.64. The highest BCUT2D eigenvalue weighted by atomic mass is 16.6. The molecular formula is C16H28O3. The molecule has 4 rings (SSSR count). The Balaban J connectivity index is 1.59. The Kier molecular flexibility index (Phi) is 3.05. The van der Waals surface area contributed by atoms with Gasteiger partial charge in [-0.1, -0.05) is 20.8 Å². The van der Waals surface area contributed by atoms with Crippen LogP contribution in [-0.2, 0) is 4.74 Å². The molecule has 0 aromatic rings. The van der Waals surface area contributed by atoms with Gasteiger partial charge in [0, 0.05) is 6.42 Å². The third kappa shape index (κ3) is 2.57. The van der Waals surface area contributed by atoms with Crippen molar-refractivity contribution >= 4 is 0 Å². The largest absolute Gasteiger partial charge is 0.389 e. The van der Waals surface area contributed by atoms with E-state index in [1.165, 1.54) is 6.42 Å². The van der Waals surface area contributed by atoms with E-state index in [9.17, 15) is 10.2 Å². The minimum Gasteiger partial charge on any atom is -0.389 e. The van der Waals surface area contributed by atoms with Crippen molar-refractivity contribution in [3.05, 3.63) is 0 Å². The van der Waals surface area contributed by atoms with Gasteiger partial charge >= 0.3 is 0 Å². The molecule has 0 heterocycles. The molecule has 3 nitrogen and oxygen atoms in total. The molecule has 4 aliphatic rings. The molecule has 110 valence electrons. The molecule has 4 saturated carbocycles. The van der Waals surface area contributed by atoms with Gasteiger partial charge in [-0.2, -0.15) is 0 Å². The summed E-state index contributed by atoms with van der Waals surface area (Å²) in [5.74, 6) is 1.04. The lowest BCUT2D eigenvalue weighted by Crippen LogP contribution is -2.43. The molecule has 3 heteroatoms. The van der Waals surface area contributed by atoms with Gasteiger partial charge in [0.2, 0.25) is 0 Å². The fraction of sp³-hybridized carbons (Fsp3) is 1.00. The zero-order valence-electron chi connectivity index (χ0n) is 12.5. The molecule has 0 radical (unpaired) electrons. The number of aliphatic hydroxyl groups excluding tert-OH is 1. The summed E-state index contributed by atoms with van der Waals surface area (Å²) in [7, 11) is 0. The molecular weight excluding hydrogens is 240 g/mol. The van der Waals surface area contributed by atoms with Crippen LogP contribution in [0.5, 0.6) is 0 Å². The second kappa shape index (κ2) is 4.19. The standard InChI is InChI=1S/C16H28O3/c1-14(2,3)5-4-13(17)19-15-7-11-6-12(9-15)16(18,8-11)10-15/h11-13,17-18H,4-10H2,1-3H3. The summed E-state index contributed by atoms with van der Waals surface area (Å²) in [6.45, 7) is 6.55. The first-order valence-corrected chi connectivity index (χ1v) is 7.78. The predicted octanol–water partition coefficient (Wildman–Crippen LogP) is 2.84. The lowest BCUT2D eigenvalue weighted by molar-refractivity contribution is -0.209. The van der Waals surface area contributed by atoms with E-state index in [1.54, 1.807) is 0 Å². The Hall–Kier alpha value is -0.120. The number of aliphatic hydroxyl groups is 2. The molecule has 19 heavy (non-hydrogen) atoms. The van der Waals surface area contributed by atoms with Crippen molar-refractivity contribution in [1.82, 2.24) is 0 Å². The van der Waals surface area contributed by atoms with Gasteiger partial charge in [-0.3, -0.25) is 0 Å². The van der Waals surface area contributed by atoms with Crippen LogP contribution in [0.3, 0.4) is 0 Å². The van der Waals surface area contributed by atoms with E-state index in [-0.39, 0.29) is 11.0 Å². The van der Waals surface area contributed by atoms with Crippen molar-refractivity contribution in [3.8, 4) is 0 Å². The van der Waals surface area contributed by atoms with Crippen molar-refractivity contribution in [2.45, 2.75) is 83.2 Å². The summed E-state index contributed by atoms with van der Waals surface area (Å²) in [5, 5.41) is 20.8. The Labute approximate surface area is 116 Å². The van der Waals surface area contributed by atoms with E-state index in [0.29, 0.717) is 18.3 Å². The third-order valence-electron chi connectivity index (χ3n) is 5.45. The SMILES string of the molecule is CC(C)(C)CCC(O)OC12CC3CC(C1)C(O)(C3)C2. The lowest BCUT2D eigenvalue weighted by Gasteiger charge is -2.40. The minimum absolute atomic E-state index is 0.224. The van der Waals surface area contributed by atoms with Gasteiger partial charge in [-0.25, -0.2) is 0 Å². The smallest absolute Gasteiger partial charge is 0.155 e. The Morgan fingerprint density at radius 1 is 1.26 bits per heavy atom. The first-order chi connectivity index (χ1) is 8.70. The molecule has 4 bridgehead atoms. The van der Waals surface area contributed by atoms with Crippen LogP contribution < -0.4 is 0 Å². The van der Waals surface area contributed by atoms with Crippen LogP contribution >= 0.6 is 0 Å². The number of hydrogen-bond donors (Lipinski definition) is 2. The van der Waals surface area contributed by atoms with Crippen molar-refractivity contribution in [1.29, 1.82) is 0 Å². The van der Waals surface area contributed by atoms with E-state index in [2.05, 4.69) is 20.8 Å². The average Bonchev–Trinajstić information content (AvgIpc) is 2.55. The van der Waals surface area contributed by atoms with Crippen LogP contribution in [0.4, 0.5) is 0 Å². The first-order valence-electron chi connectivity index (χ1n) is 7.78. The topological polar surface area (TPSA) is 49.7 Å². The van der Waals surface area contributed by atoms with Crippen LogP contribution in [0, 0.1) is 17.3 Å².